The van der Waals surface area contributed by atoms with Crippen molar-refractivity contribution in [2.75, 3.05) is 39.9 Å². The van der Waals surface area contributed by atoms with Gasteiger partial charge < -0.3 is 15.2 Å². The van der Waals surface area contributed by atoms with Crippen LogP contribution in [-0.4, -0.2) is 67.9 Å². The Balaban J connectivity index is 2.18. The van der Waals surface area contributed by atoms with Gasteiger partial charge >= 0.3 is 6.03 Å². The van der Waals surface area contributed by atoms with Crippen LogP contribution in [0.25, 0.3) is 0 Å². The third kappa shape index (κ3) is 5.95. The molecule has 0 radical (unpaired) electrons. The third-order valence-electron chi connectivity index (χ3n) is 2.69. The summed E-state index contributed by atoms with van der Waals surface area (Å²) in [7, 11) is 1.53. The van der Waals surface area contributed by atoms with Crippen LogP contribution >= 0.6 is 0 Å². The SMILES string of the molecule is COCCNC(=O)NC(=O)CN1CCC[C@H](O)C1. The Morgan fingerprint density at radius 1 is 1.50 bits per heavy atom. The highest BCUT2D eigenvalue weighted by Crippen LogP contribution is 2.08. The van der Waals surface area contributed by atoms with Crippen molar-refractivity contribution in [3.05, 3.63) is 0 Å². The van der Waals surface area contributed by atoms with Crippen molar-refractivity contribution in [1.29, 1.82) is 0 Å². The first-order valence-corrected chi connectivity index (χ1v) is 6.09. The van der Waals surface area contributed by atoms with Gasteiger partial charge in [-0.3, -0.25) is 15.0 Å². The van der Waals surface area contributed by atoms with E-state index in [4.69, 9.17) is 4.74 Å². The number of hydrogen-bond acceptors (Lipinski definition) is 5. The molecular formula is C11H21N3O4. The normalized spacial score (nSPS) is 20.4. The van der Waals surface area contributed by atoms with Gasteiger partial charge in [0.1, 0.15) is 0 Å². The van der Waals surface area contributed by atoms with Crippen molar-refractivity contribution < 1.29 is 19.4 Å². The summed E-state index contributed by atoms with van der Waals surface area (Å²) in [5, 5.41) is 14.2. The molecule has 0 aromatic carbocycles. The number of urea groups is 1. The molecule has 0 spiro atoms. The Hall–Kier alpha value is -1.18. The lowest BCUT2D eigenvalue weighted by Crippen LogP contribution is -2.48. The monoisotopic (exact) mass is 259 g/mol. The number of rotatable bonds is 5. The largest absolute Gasteiger partial charge is 0.392 e. The number of carbonyl (C=O) groups is 2. The first-order valence-electron chi connectivity index (χ1n) is 6.09. The fourth-order valence-electron chi connectivity index (χ4n) is 1.85. The Morgan fingerprint density at radius 2 is 2.28 bits per heavy atom. The number of imide groups is 1. The van der Waals surface area contributed by atoms with Crippen molar-refractivity contribution in [2.24, 2.45) is 0 Å². The maximum Gasteiger partial charge on any atom is 0.321 e. The number of ether oxygens (including phenoxy) is 1. The molecule has 1 aliphatic heterocycles. The summed E-state index contributed by atoms with van der Waals surface area (Å²) in [6.07, 6.45) is 1.27. The molecule has 1 rings (SSSR count). The number of methoxy groups -OCH3 is 1. The minimum Gasteiger partial charge on any atom is -0.392 e. The first-order chi connectivity index (χ1) is 8.61. The number of nitrogens with one attached hydrogen (secondary N) is 2. The molecule has 0 saturated carbocycles. The quantitative estimate of drug-likeness (QED) is 0.546. The molecule has 1 atom stereocenters. The van der Waals surface area contributed by atoms with E-state index in [0.717, 1.165) is 19.4 Å². The third-order valence-corrected chi connectivity index (χ3v) is 2.69. The number of aliphatic hydroxyl groups excluding tert-OH is 1. The molecule has 3 N–H and O–H groups in total. The van der Waals surface area contributed by atoms with Gasteiger partial charge in [0.2, 0.25) is 5.91 Å². The van der Waals surface area contributed by atoms with Crippen LogP contribution in [0.4, 0.5) is 4.79 Å². The number of β-amino-alcohol motifs (C(OH)–C–C–N with tert-alkyl or cyclic N) is 1. The summed E-state index contributed by atoms with van der Waals surface area (Å²) >= 11 is 0. The minimum absolute atomic E-state index is 0.134. The molecule has 0 bridgehead atoms. The van der Waals surface area contributed by atoms with Crippen LogP contribution in [0.15, 0.2) is 0 Å². The van der Waals surface area contributed by atoms with E-state index in [9.17, 15) is 14.7 Å². The summed E-state index contributed by atoms with van der Waals surface area (Å²) in [6.45, 7) is 2.15. The van der Waals surface area contributed by atoms with E-state index < -0.39 is 6.03 Å². The van der Waals surface area contributed by atoms with Gasteiger partial charge in [0.05, 0.1) is 19.3 Å². The van der Waals surface area contributed by atoms with Gasteiger partial charge in [-0.25, -0.2) is 4.79 Å². The predicted molar refractivity (Wildman–Crippen MR) is 65.1 cm³/mol. The number of amides is 3. The second-order valence-corrected chi connectivity index (χ2v) is 4.33. The van der Waals surface area contributed by atoms with Crippen LogP contribution in [0.2, 0.25) is 0 Å². The second kappa shape index (κ2) is 8.02. The van der Waals surface area contributed by atoms with E-state index in [0.29, 0.717) is 19.7 Å². The molecule has 1 fully saturated rings. The standard InChI is InChI=1S/C11H21N3O4/c1-18-6-4-12-11(17)13-10(16)8-14-5-2-3-9(15)7-14/h9,15H,2-8H2,1H3,(H2,12,13,16,17)/t9-/m0/s1. The lowest BCUT2D eigenvalue weighted by atomic mass is 10.1. The van der Waals surface area contributed by atoms with Crippen molar-refractivity contribution in [3.8, 4) is 0 Å². The number of nitrogens with zero attached hydrogens (tertiary/aromatic N) is 1. The maximum absolute atomic E-state index is 11.5. The van der Waals surface area contributed by atoms with E-state index in [1.165, 1.54) is 7.11 Å². The van der Waals surface area contributed by atoms with Crippen LogP contribution in [0.3, 0.4) is 0 Å². The van der Waals surface area contributed by atoms with Gasteiger partial charge in [-0.15, -0.1) is 0 Å². The van der Waals surface area contributed by atoms with E-state index in [1.807, 2.05) is 4.90 Å². The fourth-order valence-corrected chi connectivity index (χ4v) is 1.85. The predicted octanol–water partition coefficient (Wildman–Crippen LogP) is -1.08. The molecule has 3 amide bonds. The van der Waals surface area contributed by atoms with Crippen molar-refractivity contribution in [3.63, 3.8) is 0 Å². The van der Waals surface area contributed by atoms with Crippen LogP contribution in [0, 0.1) is 0 Å². The number of aliphatic hydroxyl groups is 1. The van der Waals surface area contributed by atoms with E-state index in [-0.39, 0.29) is 18.6 Å². The van der Waals surface area contributed by atoms with Gasteiger partial charge in [-0.1, -0.05) is 0 Å². The van der Waals surface area contributed by atoms with Crippen LogP contribution < -0.4 is 10.6 Å². The number of piperidine rings is 1. The summed E-state index contributed by atoms with van der Waals surface area (Å²) < 4.78 is 4.77. The Kier molecular flexibility index (Phi) is 6.63. The molecule has 7 nitrogen and oxygen atoms in total. The molecule has 0 unspecified atom stereocenters. The lowest BCUT2D eigenvalue weighted by Gasteiger charge is -2.29. The molecule has 1 aliphatic rings. The summed E-state index contributed by atoms with van der Waals surface area (Å²) in [5.41, 5.74) is 0. The van der Waals surface area contributed by atoms with Crippen LogP contribution in [0.1, 0.15) is 12.8 Å². The zero-order valence-corrected chi connectivity index (χ0v) is 10.6. The molecule has 0 aromatic heterocycles. The second-order valence-electron chi connectivity index (χ2n) is 4.33. The minimum atomic E-state index is -0.519. The Bertz CT molecular complexity index is 285. The number of carbonyl (C=O) groups excluding carboxylic acids is 2. The summed E-state index contributed by atoms with van der Waals surface area (Å²) in [5.74, 6) is -0.362. The topological polar surface area (TPSA) is 90.9 Å². The molecule has 7 heteroatoms. The average molecular weight is 259 g/mol. The van der Waals surface area contributed by atoms with Crippen LogP contribution in [-0.2, 0) is 9.53 Å². The lowest BCUT2D eigenvalue weighted by molar-refractivity contribution is -0.121. The molecular weight excluding hydrogens is 238 g/mol. The number of likely N-dealkylation sites (tertiary alicyclic amines) is 1. The highest BCUT2D eigenvalue weighted by molar-refractivity contribution is 5.95. The van der Waals surface area contributed by atoms with E-state index >= 15 is 0 Å². The van der Waals surface area contributed by atoms with Crippen molar-refractivity contribution in [1.82, 2.24) is 15.5 Å². The summed E-state index contributed by atoms with van der Waals surface area (Å²) in [6, 6.07) is -0.519. The highest BCUT2D eigenvalue weighted by atomic mass is 16.5. The van der Waals surface area contributed by atoms with Gasteiger partial charge in [-0.2, -0.15) is 0 Å². The van der Waals surface area contributed by atoms with Crippen LogP contribution in [0.5, 0.6) is 0 Å². The van der Waals surface area contributed by atoms with Gasteiger partial charge in [0.25, 0.3) is 0 Å². The number of hydrogen-bond donors (Lipinski definition) is 3. The Morgan fingerprint density at radius 3 is 2.94 bits per heavy atom. The molecule has 18 heavy (non-hydrogen) atoms. The zero-order valence-electron chi connectivity index (χ0n) is 10.6. The molecule has 1 saturated heterocycles. The average Bonchev–Trinajstić information content (AvgIpc) is 2.29. The molecule has 104 valence electrons. The van der Waals surface area contributed by atoms with Crippen molar-refractivity contribution >= 4 is 11.9 Å². The van der Waals surface area contributed by atoms with E-state index in [1.54, 1.807) is 0 Å². The Labute approximate surface area is 106 Å². The van der Waals surface area contributed by atoms with E-state index in [2.05, 4.69) is 10.6 Å². The van der Waals surface area contributed by atoms with Gasteiger partial charge in [0, 0.05) is 20.2 Å². The first kappa shape index (κ1) is 14.9. The molecule has 0 aromatic rings. The molecule has 1 heterocycles. The molecule has 0 aliphatic carbocycles. The maximum atomic E-state index is 11.5. The van der Waals surface area contributed by atoms with Crippen molar-refractivity contribution in [2.45, 2.75) is 18.9 Å². The summed E-state index contributed by atoms with van der Waals surface area (Å²) in [4.78, 5) is 24.6. The zero-order chi connectivity index (χ0) is 13.4. The smallest absolute Gasteiger partial charge is 0.321 e. The van der Waals surface area contributed by atoms with Gasteiger partial charge in [0.15, 0.2) is 0 Å². The fraction of sp³-hybridized carbons (Fsp3) is 0.818. The van der Waals surface area contributed by atoms with Gasteiger partial charge in [-0.05, 0) is 19.4 Å². The highest BCUT2D eigenvalue weighted by Gasteiger charge is 2.20.